The summed E-state index contributed by atoms with van der Waals surface area (Å²) in [5, 5.41) is 0.775. The number of hydrogen-bond acceptors (Lipinski definition) is 1. The van der Waals surface area contributed by atoms with Crippen LogP contribution in [0.4, 0.5) is 0 Å². The topological polar surface area (TPSA) is 26.0 Å². The van der Waals surface area contributed by atoms with Crippen LogP contribution < -0.4 is 5.73 Å². The molecule has 1 nitrogen and oxygen atoms in total. The van der Waals surface area contributed by atoms with Crippen LogP contribution in [0.3, 0.4) is 0 Å². The van der Waals surface area contributed by atoms with Crippen LogP contribution in [0.5, 0.6) is 0 Å². The van der Waals surface area contributed by atoms with Crippen molar-refractivity contribution in [2.75, 3.05) is 0 Å². The Balaban J connectivity index is 2.25. The Kier molecular flexibility index (Phi) is 2.13. The normalized spacial score (nSPS) is 22.9. The fourth-order valence-corrected chi connectivity index (χ4v) is 2.85. The van der Waals surface area contributed by atoms with Gasteiger partial charge in [0.25, 0.3) is 0 Å². The Hall–Kier alpha value is -0.530. The number of halogens is 1. The smallest absolute Gasteiger partial charge is 0.0420 e. The van der Waals surface area contributed by atoms with Gasteiger partial charge < -0.3 is 5.73 Å². The van der Waals surface area contributed by atoms with Crippen LogP contribution in [0.1, 0.15) is 32.3 Å². The van der Waals surface area contributed by atoms with Gasteiger partial charge >= 0.3 is 0 Å². The van der Waals surface area contributed by atoms with Crippen molar-refractivity contribution in [3.05, 3.63) is 34.9 Å². The van der Waals surface area contributed by atoms with Gasteiger partial charge in [0, 0.05) is 10.6 Å². The maximum absolute atomic E-state index is 6.31. The predicted molar refractivity (Wildman–Crippen MR) is 60.3 cm³/mol. The zero-order chi connectivity index (χ0) is 10.4. The van der Waals surface area contributed by atoms with E-state index in [2.05, 4.69) is 19.9 Å². The van der Waals surface area contributed by atoms with E-state index in [1.807, 2.05) is 18.2 Å². The Morgan fingerprint density at radius 1 is 1.29 bits per heavy atom. The average Bonchev–Trinajstić information content (AvgIpc) is 2.00. The molecule has 0 unspecified atom stereocenters. The maximum Gasteiger partial charge on any atom is 0.0420 e. The van der Waals surface area contributed by atoms with E-state index in [9.17, 15) is 0 Å². The fraction of sp³-hybridized carbons (Fsp3) is 0.500. The SMILES string of the molecule is CC1(C)CC(N)(c2cccc(Cl)c2)C1. The quantitative estimate of drug-likeness (QED) is 0.755. The largest absolute Gasteiger partial charge is 0.321 e. The number of hydrogen-bond donors (Lipinski definition) is 1. The molecule has 0 aliphatic heterocycles. The molecule has 0 atom stereocenters. The third kappa shape index (κ3) is 1.67. The van der Waals surface area contributed by atoms with Gasteiger partial charge in [0.05, 0.1) is 0 Å². The van der Waals surface area contributed by atoms with E-state index in [1.165, 1.54) is 5.56 Å². The highest BCUT2D eigenvalue weighted by atomic mass is 35.5. The molecule has 0 amide bonds. The Bertz CT molecular complexity index is 349. The van der Waals surface area contributed by atoms with Crippen molar-refractivity contribution in [3.8, 4) is 0 Å². The summed E-state index contributed by atoms with van der Waals surface area (Å²) in [5.74, 6) is 0. The van der Waals surface area contributed by atoms with Gasteiger partial charge in [-0.15, -0.1) is 0 Å². The summed E-state index contributed by atoms with van der Waals surface area (Å²) in [6.45, 7) is 4.51. The molecule has 0 radical (unpaired) electrons. The first-order valence-corrected chi connectivity index (χ1v) is 5.34. The molecule has 0 bridgehead atoms. The van der Waals surface area contributed by atoms with Crippen LogP contribution in [-0.2, 0) is 5.54 Å². The molecular weight excluding hydrogens is 194 g/mol. The summed E-state index contributed by atoms with van der Waals surface area (Å²) in [5.41, 5.74) is 7.72. The molecular formula is C12H16ClN. The summed E-state index contributed by atoms with van der Waals surface area (Å²) >= 11 is 5.95. The molecule has 2 N–H and O–H groups in total. The second kappa shape index (κ2) is 2.98. The van der Waals surface area contributed by atoms with E-state index in [0.29, 0.717) is 5.41 Å². The molecule has 1 aliphatic carbocycles. The molecule has 2 heteroatoms. The minimum atomic E-state index is -0.144. The van der Waals surface area contributed by atoms with Gasteiger partial charge in [0.2, 0.25) is 0 Å². The first-order valence-electron chi connectivity index (χ1n) is 4.96. The summed E-state index contributed by atoms with van der Waals surface area (Å²) in [4.78, 5) is 0. The molecule has 0 saturated heterocycles. The van der Waals surface area contributed by atoms with Crippen molar-refractivity contribution in [2.45, 2.75) is 32.2 Å². The number of nitrogens with two attached hydrogens (primary N) is 1. The zero-order valence-corrected chi connectivity index (χ0v) is 9.43. The van der Waals surface area contributed by atoms with Crippen molar-refractivity contribution in [3.63, 3.8) is 0 Å². The third-order valence-corrected chi connectivity index (χ3v) is 3.22. The lowest BCUT2D eigenvalue weighted by atomic mass is 9.57. The molecule has 1 fully saturated rings. The van der Waals surface area contributed by atoms with Gasteiger partial charge in [0.15, 0.2) is 0 Å². The van der Waals surface area contributed by atoms with Gasteiger partial charge in [-0.2, -0.15) is 0 Å². The lowest BCUT2D eigenvalue weighted by Gasteiger charge is -2.51. The van der Waals surface area contributed by atoms with Crippen LogP contribution in [0.15, 0.2) is 24.3 Å². The molecule has 14 heavy (non-hydrogen) atoms. The van der Waals surface area contributed by atoms with Crippen LogP contribution in [0, 0.1) is 5.41 Å². The third-order valence-electron chi connectivity index (χ3n) is 2.99. The van der Waals surface area contributed by atoms with Gasteiger partial charge in [0.1, 0.15) is 0 Å². The highest BCUT2D eigenvalue weighted by molar-refractivity contribution is 6.30. The monoisotopic (exact) mass is 209 g/mol. The van der Waals surface area contributed by atoms with Crippen molar-refractivity contribution >= 4 is 11.6 Å². The highest BCUT2D eigenvalue weighted by Crippen LogP contribution is 2.51. The van der Waals surface area contributed by atoms with Crippen molar-refractivity contribution < 1.29 is 0 Å². The number of benzene rings is 1. The highest BCUT2D eigenvalue weighted by Gasteiger charge is 2.47. The molecule has 1 aromatic rings. The minimum absolute atomic E-state index is 0.144. The van der Waals surface area contributed by atoms with E-state index < -0.39 is 0 Å². The van der Waals surface area contributed by atoms with E-state index in [1.54, 1.807) is 0 Å². The minimum Gasteiger partial charge on any atom is -0.321 e. The molecule has 1 aromatic carbocycles. The van der Waals surface area contributed by atoms with E-state index in [0.717, 1.165) is 17.9 Å². The van der Waals surface area contributed by atoms with E-state index in [-0.39, 0.29) is 5.54 Å². The molecule has 0 heterocycles. The van der Waals surface area contributed by atoms with E-state index in [4.69, 9.17) is 17.3 Å². The second-order valence-corrected chi connectivity index (χ2v) is 5.62. The van der Waals surface area contributed by atoms with Crippen LogP contribution in [-0.4, -0.2) is 0 Å². The maximum atomic E-state index is 6.31. The molecule has 0 spiro atoms. The first kappa shape index (κ1) is 10.0. The zero-order valence-electron chi connectivity index (χ0n) is 8.68. The van der Waals surface area contributed by atoms with Crippen molar-refractivity contribution in [2.24, 2.45) is 11.1 Å². The van der Waals surface area contributed by atoms with Crippen LogP contribution >= 0.6 is 11.6 Å². The molecule has 76 valence electrons. The van der Waals surface area contributed by atoms with Gasteiger partial charge in [-0.1, -0.05) is 37.6 Å². The Labute approximate surface area is 90.3 Å². The predicted octanol–water partition coefficient (Wildman–Crippen LogP) is 3.31. The Morgan fingerprint density at radius 3 is 2.43 bits per heavy atom. The van der Waals surface area contributed by atoms with Gasteiger partial charge in [-0.3, -0.25) is 0 Å². The summed E-state index contributed by atoms with van der Waals surface area (Å²) in [6, 6.07) is 7.91. The summed E-state index contributed by atoms with van der Waals surface area (Å²) in [6.07, 6.45) is 2.08. The van der Waals surface area contributed by atoms with Crippen LogP contribution in [0.25, 0.3) is 0 Å². The first-order chi connectivity index (χ1) is 6.41. The molecule has 2 rings (SSSR count). The molecule has 1 aliphatic rings. The standard InChI is InChI=1S/C12H16ClN/c1-11(2)7-12(14,8-11)9-4-3-5-10(13)6-9/h3-6H,7-8,14H2,1-2H3. The summed E-state index contributed by atoms with van der Waals surface area (Å²) < 4.78 is 0. The molecule has 0 aromatic heterocycles. The van der Waals surface area contributed by atoms with Gasteiger partial charge in [-0.05, 0) is 36.0 Å². The lowest BCUT2D eigenvalue weighted by Crippen LogP contribution is -2.53. The number of rotatable bonds is 1. The van der Waals surface area contributed by atoms with Crippen LogP contribution in [0.2, 0.25) is 5.02 Å². The average molecular weight is 210 g/mol. The fourth-order valence-electron chi connectivity index (χ4n) is 2.66. The summed E-state index contributed by atoms with van der Waals surface area (Å²) in [7, 11) is 0. The van der Waals surface area contributed by atoms with Gasteiger partial charge in [-0.25, -0.2) is 0 Å². The van der Waals surface area contributed by atoms with Crippen molar-refractivity contribution in [1.29, 1.82) is 0 Å². The Morgan fingerprint density at radius 2 is 1.93 bits per heavy atom. The van der Waals surface area contributed by atoms with E-state index >= 15 is 0 Å². The lowest BCUT2D eigenvalue weighted by molar-refractivity contribution is 0.0618. The van der Waals surface area contributed by atoms with Crippen molar-refractivity contribution in [1.82, 2.24) is 0 Å². The second-order valence-electron chi connectivity index (χ2n) is 5.18. The molecule has 1 saturated carbocycles.